The van der Waals surface area contributed by atoms with Crippen molar-refractivity contribution in [2.45, 2.75) is 13.0 Å². The van der Waals surface area contributed by atoms with Crippen LogP contribution >= 0.6 is 15.9 Å². The molecule has 0 saturated carbocycles. The minimum atomic E-state index is -0.387. The van der Waals surface area contributed by atoms with Crippen LogP contribution in [0.5, 0.6) is 0 Å². The van der Waals surface area contributed by atoms with Crippen LogP contribution in [0, 0.1) is 5.82 Å². The molecule has 1 unspecified atom stereocenters. The minimum Gasteiger partial charge on any atom is -0.345 e. The summed E-state index contributed by atoms with van der Waals surface area (Å²) in [6.45, 7) is 1.76. The number of aromatic nitrogens is 1. The molecule has 1 heterocycles. The second-order valence-corrected chi connectivity index (χ2v) is 5.29. The number of rotatable bonds is 3. The van der Waals surface area contributed by atoms with Crippen molar-refractivity contribution in [3.8, 4) is 0 Å². The van der Waals surface area contributed by atoms with Gasteiger partial charge in [0.15, 0.2) is 0 Å². The van der Waals surface area contributed by atoms with E-state index in [9.17, 15) is 9.18 Å². The highest BCUT2D eigenvalue weighted by atomic mass is 79.9. The van der Waals surface area contributed by atoms with Crippen molar-refractivity contribution in [3.63, 3.8) is 0 Å². The Labute approximate surface area is 119 Å². The molecule has 1 atom stereocenters. The summed E-state index contributed by atoms with van der Waals surface area (Å²) in [6.07, 6.45) is 1.79. The Morgan fingerprint density at radius 3 is 2.68 bits per heavy atom. The summed E-state index contributed by atoms with van der Waals surface area (Å²) in [5, 5.41) is 2.79. The van der Waals surface area contributed by atoms with Gasteiger partial charge >= 0.3 is 0 Å². The lowest BCUT2D eigenvalue weighted by Crippen LogP contribution is -2.28. The lowest BCUT2D eigenvalue weighted by atomic mass is 10.1. The first kappa shape index (κ1) is 13.8. The second-order valence-electron chi connectivity index (χ2n) is 4.37. The summed E-state index contributed by atoms with van der Waals surface area (Å²) in [5.41, 5.74) is 0.999. The Morgan fingerprint density at radius 2 is 2.11 bits per heavy atom. The third-order valence-electron chi connectivity index (χ3n) is 2.92. The van der Waals surface area contributed by atoms with Crippen LogP contribution < -0.4 is 5.32 Å². The van der Waals surface area contributed by atoms with Crippen LogP contribution in [0.2, 0.25) is 0 Å². The zero-order chi connectivity index (χ0) is 14.0. The molecule has 1 aromatic carbocycles. The summed E-state index contributed by atoms with van der Waals surface area (Å²) < 4.78 is 16.2. The van der Waals surface area contributed by atoms with Gasteiger partial charge in [0.1, 0.15) is 11.5 Å². The summed E-state index contributed by atoms with van der Waals surface area (Å²) in [7, 11) is 1.79. The van der Waals surface area contributed by atoms with E-state index in [2.05, 4.69) is 21.2 Å². The zero-order valence-electron chi connectivity index (χ0n) is 10.7. The van der Waals surface area contributed by atoms with E-state index in [4.69, 9.17) is 0 Å². The summed E-state index contributed by atoms with van der Waals surface area (Å²) in [6, 6.07) is 7.77. The van der Waals surface area contributed by atoms with Crippen molar-refractivity contribution in [2.24, 2.45) is 7.05 Å². The van der Waals surface area contributed by atoms with Crippen molar-refractivity contribution in [1.29, 1.82) is 0 Å². The van der Waals surface area contributed by atoms with E-state index in [1.165, 1.54) is 6.07 Å². The van der Waals surface area contributed by atoms with Crippen molar-refractivity contribution in [2.75, 3.05) is 0 Å². The maximum Gasteiger partial charge on any atom is 0.268 e. The monoisotopic (exact) mass is 324 g/mol. The molecular formula is C14H14BrFN2O. The smallest absolute Gasteiger partial charge is 0.268 e. The first-order valence-corrected chi connectivity index (χ1v) is 6.65. The number of hydrogen-bond acceptors (Lipinski definition) is 1. The number of halogens is 2. The Hall–Kier alpha value is -1.62. The fourth-order valence-corrected chi connectivity index (χ4v) is 2.45. The highest BCUT2D eigenvalue weighted by Gasteiger charge is 2.16. The molecule has 0 aliphatic rings. The fraction of sp³-hybridized carbons (Fsp3) is 0.214. The number of aryl methyl sites for hydroxylation is 1. The molecular weight excluding hydrogens is 311 g/mol. The van der Waals surface area contributed by atoms with Crippen LogP contribution in [0.4, 0.5) is 4.39 Å². The molecule has 0 radical (unpaired) electrons. The zero-order valence-corrected chi connectivity index (χ0v) is 12.2. The fourth-order valence-electron chi connectivity index (χ4n) is 1.92. The predicted molar refractivity (Wildman–Crippen MR) is 75.4 cm³/mol. The Morgan fingerprint density at radius 1 is 1.42 bits per heavy atom. The molecule has 1 amide bonds. The molecule has 0 aliphatic heterocycles. The van der Waals surface area contributed by atoms with Gasteiger partial charge in [-0.25, -0.2) is 4.39 Å². The van der Waals surface area contributed by atoms with E-state index in [0.717, 1.165) is 4.47 Å². The average molecular weight is 325 g/mol. The van der Waals surface area contributed by atoms with Gasteiger partial charge in [0, 0.05) is 23.3 Å². The molecule has 0 fully saturated rings. The lowest BCUT2D eigenvalue weighted by molar-refractivity contribution is 0.0931. The van der Waals surface area contributed by atoms with Crippen LogP contribution in [-0.4, -0.2) is 10.5 Å². The summed E-state index contributed by atoms with van der Waals surface area (Å²) in [5.74, 6) is -0.549. The number of nitrogens with one attached hydrogen (secondary N) is 1. The largest absolute Gasteiger partial charge is 0.345 e. The van der Waals surface area contributed by atoms with Gasteiger partial charge in [-0.2, -0.15) is 0 Å². The van der Waals surface area contributed by atoms with Crippen LogP contribution in [0.1, 0.15) is 29.0 Å². The number of amides is 1. The van der Waals surface area contributed by atoms with E-state index >= 15 is 0 Å². The van der Waals surface area contributed by atoms with Gasteiger partial charge in [-0.15, -0.1) is 0 Å². The first-order chi connectivity index (χ1) is 8.99. The lowest BCUT2D eigenvalue weighted by Gasteiger charge is -2.15. The summed E-state index contributed by atoms with van der Waals surface area (Å²) in [4.78, 5) is 12.1. The van der Waals surface area contributed by atoms with E-state index in [1.807, 2.05) is 0 Å². The van der Waals surface area contributed by atoms with Gasteiger partial charge < -0.3 is 9.88 Å². The maximum atomic E-state index is 13.6. The Balaban J connectivity index is 2.15. The molecule has 0 saturated heterocycles. The predicted octanol–water partition coefficient (Wildman–Crippen LogP) is 3.42. The SMILES string of the molecule is CC(NC(=O)c1cc(Br)cn1C)c1ccccc1F. The van der Waals surface area contributed by atoms with Gasteiger partial charge in [0.2, 0.25) is 0 Å². The van der Waals surface area contributed by atoms with Crippen molar-refractivity contribution >= 4 is 21.8 Å². The van der Waals surface area contributed by atoms with Crippen molar-refractivity contribution in [1.82, 2.24) is 9.88 Å². The van der Waals surface area contributed by atoms with Crippen LogP contribution in [-0.2, 0) is 7.05 Å². The molecule has 0 aliphatic carbocycles. The molecule has 0 bridgehead atoms. The minimum absolute atomic E-state index is 0.232. The van der Waals surface area contributed by atoms with Gasteiger partial charge in [-0.1, -0.05) is 18.2 Å². The van der Waals surface area contributed by atoms with E-state index in [-0.39, 0.29) is 17.8 Å². The number of nitrogens with zero attached hydrogens (tertiary/aromatic N) is 1. The van der Waals surface area contributed by atoms with Crippen molar-refractivity contribution < 1.29 is 9.18 Å². The van der Waals surface area contributed by atoms with Crippen LogP contribution in [0.25, 0.3) is 0 Å². The molecule has 1 N–H and O–H groups in total. The molecule has 2 rings (SSSR count). The number of benzene rings is 1. The van der Waals surface area contributed by atoms with Gasteiger partial charge in [-0.05, 0) is 35.0 Å². The third kappa shape index (κ3) is 3.04. The third-order valence-corrected chi connectivity index (χ3v) is 3.36. The number of hydrogen-bond donors (Lipinski definition) is 1. The van der Waals surface area contributed by atoms with E-state index in [0.29, 0.717) is 11.3 Å². The molecule has 5 heteroatoms. The highest BCUT2D eigenvalue weighted by molar-refractivity contribution is 9.10. The second kappa shape index (κ2) is 5.57. The number of carbonyl (C=O) groups excluding carboxylic acids is 1. The van der Waals surface area contributed by atoms with Crippen LogP contribution in [0.3, 0.4) is 0 Å². The molecule has 2 aromatic rings. The Bertz CT molecular complexity index is 609. The topological polar surface area (TPSA) is 34.0 Å². The molecule has 0 spiro atoms. The molecule has 19 heavy (non-hydrogen) atoms. The molecule has 100 valence electrons. The normalized spacial score (nSPS) is 12.2. The quantitative estimate of drug-likeness (QED) is 0.922. The van der Waals surface area contributed by atoms with E-state index in [1.54, 1.807) is 49.0 Å². The number of carbonyl (C=O) groups is 1. The first-order valence-electron chi connectivity index (χ1n) is 5.86. The average Bonchev–Trinajstić information content (AvgIpc) is 2.69. The molecule has 1 aromatic heterocycles. The van der Waals surface area contributed by atoms with Gasteiger partial charge in [0.05, 0.1) is 6.04 Å². The standard InChI is InChI=1S/C14H14BrFN2O/c1-9(11-5-3-4-6-12(11)16)17-14(19)13-7-10(15)8-18(13)2/h3-9H,1-2H3,(H,17,19). The van der Waals surface area contributed by atoms with Gasteiger partial charge in [0.25, 0.3) is 5.91 Å². The van der Waals surface area contributed by atoms with E-state index < -0.39 is 0 Å². The maximum absolute atomic E-state index is 13.6. The van der Waals surface area contributed by atoms with Gasteiger partial charge in [-0.3, -0.25) is 4.79 Å². The molecule has 3 nitrogen and oxygen atoms in total. The van der Waals surface area contributed by atoms with Crippen LogP contribution in [0.15, 0.2) is 41.0 Å². The van der Waals surface area contributed by atoms with Crippen molar-refractivity contribution in [3.05, 3.63) is 58.1 Å². The highest BCUT2D eigenvalue weighted by Crippen LogP contribution is 2.18. The summed E-state index contributed by atoms with van der Waals surface area (Å²) >= 11 is 3.31. The Kier molecular flexibility index (Phi) is 4.04.